The normalized spacial score (nSPS) is 11.2. The van der Waals surface area contributed by atoms with E-state index in [1.54, 1.807) is 0 Å². The Morgan fingerprint density at radius 3 is 2.57 bits per heavy atom. The number of nitrogens with two attached hydrogens (primary N) is 1. The Bertz CT molecular complexity index is 670. The third-order valence-electron chi connectivity index (χ3n) is 2.87. The molecule has 4 nitrogen and oxygen atoms in total. The van der Waals surface area contributed by atoms with Gasteiger partial charge in [0.2, 0.25) is 0 Å². The second kappa shape index (κ2) is 5.43. The number of nitrogen functional groups attached to an aromatic ring is 1. The maximum Gasteiger partial charge on any atom is 0.417 e. The number of esters is 1. The first-order valence-corrected chi connectivity index (χ1v) is 5.84. The minimum Gasteiger partial charge on any atom is -0.465 e. The standard InChI is InChI=1S/C14H11F3N2O2/c1-21-13(20)10-5-9(8-3-2-4-19-7-8)11(6-12(10)18)14(15,16)17/h2-7H,18H2,1H3. The summed E-state index contributed by atoms with van der Waals surface area (Å²) in [5.41, 5.74) is 4.24. The number of hydrogen-bond acceptors (Lipinski definition) is 4. The van der Waals surface area contributed by atoms with Gasteiger partial charge >= 0.3 is 12.1 Å². The lowest BCUT2D eigenvalue weighted by molar-refractivity contribution is -0.137. The molecule has 0 radical (unpaired) electrons. The van der Waals surface area contributed by atoms with Crippen molar-refractivity contribution in [3.05, 3.63) is 47.8 Å². The molecule has 2 aromatic rings. The third-order valence-corrected chi connectivity index (χ3v) is 2.87. The van der Waals surface area contributed by atoms with E-state index in [0.29, 0.717) is 0 Å². The molecule has 0 saturated carbocycles. The maximum atomic E-state index is 13.1. The highest BCUT2D eigenvalue weighted by Crippen LogP contribution is 2.39. The van der Waals surface area contributed by atoms with E-state index in [-0.39, 0.29) is 22.4 Å². The van der Waals surface area contributed by atoms with Gasteiger partial charge in [-0.25, -0.2) is 4.79 Å². The maximum absolute atomic E-state index is 13.1. The van der Waals surface area contributed by atoms with E-state index in [1.807, 2.05) is 0 Å². The number of carbonyl (C=O) groups excluding carboxylic acids is 1. The molecule has 1 aromatic carbocycles. The van der Waals surface area contributed by atoms with Crippen molar-refractivity contribution in [2.75, 3.05) is 12.8 Å². The minimum atomic E-state index is -4.60. The summed E-state index contributed by atoms with van der Waals surface area (Å²) in [7, 11) is 1.13. The first kappa shape index (κ1) is 14.8. The van der Waals surface area contributed by atoms with E-state index in [0.717, 1.165) is 19.2 Å². The summed E-state index contributed by atoms with van der Waals surface area (Å²) in [6.45, 7) is 0. The minimum absolute atomic E-state index is 0.121. The molecule has 0 atom stereocenters. The molecule has 7 heteroatoms. The lowest BCUT2D eigenvalue weighted by Gasteiger charge is -2.15. The van der Waals surface area contributed by atoms with E-state index >= 15 is 0 Å². The van der Waals surface area contributed by atoms with E-state index in [2.05, 4.69) is 9.72 Å². The molecule has 1 aromatic heterocycles. The summed E-state index contributed by atoms with van der Waals surface area (Å²) in [6, 6.07) is 4.77. The highest BCUT2D eigenvalue weighted by Gasteiger charge is 2.35. The molecule has 0 bridgehead atoms. The largest absolute Gasteiger partial charge is 0.465 e. The average molecular weight is 296 g/mol. The predicted octanol–water partition coefficient (Wildman–Crippen LogP) is 3.14. The highest BCUT2D eigenvalue weighted by molar-refractivity contribution is 5.97. The Balaban J connectivity index is 2.73. The number of nitrogens with zero attached hydrogens (tertiary/aromatic N) is 1. The van der Waals surface area contributed by atoms with Gasteiger partial charge in [0.25, 0.3) is 0 Å². The summed E-state index contributed by atoms with van der Waals surface area (Å²) >= 11 is 0. The van der Waals surface area contributed by atoms with Crippen LogP contribution in [0.15, 0.2) is 36.7 Å². The molecular formula is C14H11F3N2O2. The van der Waals surface area contributed by atoms with Crippen LogP contribution in [0.3, 0.4) is 0 Å². The number of halogens is 3. The predicted molar refractivity (Wildman–Crippen MR) is 70.4 cm³/mol. The van der Waals surface area contributed by atoms with E-state index in [1.165, 1.54) is 24.5 Å². The topological polar surface area (TPSA) is 65.2 Å². The summed E-state index contributed by atoms with van der Waals surface area (Å²) in [4.78, 5) is 15.4. The van der Waals surface area contributed by atoms with Gasteiger partial charge in [0.05, 0.1) is 18.2 Å². The number of aromatic nitrogens is 1. The van der Waals surface area contributed by atoms with E-state index < -0.39 is 17.7 Å². The van der Waals surface area contributed by atoms with Crippen LogP contribution in [0.25, 0.3) is 11.1 Å². The Morgan fingerprint density at radius 1 is 1.33 bits per heavy atom. The Labute approximate surface area is 118 Å². The summed E-state index contributed by atoms with van der Waals surface area (Å²) < 4.78 is 43.9. The summed E-state index contributed by atoms with van der Waals surface area (Å²) in [6.07, 6.45) is -1.88. The van der Waals surface area contributed by atoms with Gasteiger partial charge in [-0.3, -0.25) is 4.98 Å². The first-order valence-electron chi connectivity index (χ1n) is 5.84. The fourth-order valence-corrected chi connectivity index (χ4v) is 1.90. The number of methoxy groups -OCH3 is 1. The molecule has 0 unspecified atom stereocenters. The molecular weight excluding hydrogens is 285 g/mol. The monoisotopic (exact) mass is 296 g/mol. The van der Waals surface area contributed by atoms with Crippen LogP contribution in [0.2, 0.25) is 0 Å². The van der Waals surface area contributed by atoms with E-state index in [4.69, 9.17) is 5.73 Å². The van der Waals surface area contributed by atoms with Gasteiger partial charge in [-0.15, -0.1) is 0 Å². The van der Waals surface area contributed by atoms with Crippen molar-refractivity contribution in [2.24, 2.45) is 0 Å². The lowest BCUT2D eigenvalue weighted by atomic mass is 9.96. The van der Waals surface area contributed by atoms with Crippen LogP contribution in [0.1, 0.15) is 15.9 Å². The Morgan fingerprint density at radius 2 is 2.05 bits per heavy atom. The molecule has 0 fully saturated rings. The Hall–Kier alpha value is -2.57. The molecule has 0 saturated heterocycles. The summed E-state index contributed by atoms with van der Waals surface area (Å²) in [5.74, 6) is -0.800. The average Bonchev–Trinajstić information content (AvgIpc) is 2.46. The van der Waals surface area contributed by atoms with Gasteiger partial charge in [-0.05, 0) is 23.8 Å². The van der Waals surface area contributed by atoms with Crippen molar-refractivity contribution in [2.45, 2.75) is 6.18 Å². The van der Waals surface area contributed by atoms with Crippen LogP contribution in [0.5, 0.6) is 0 Å². The molecule has 0 aliphatic heterocycles. The smallest absolute Gasteiger partial charge is 0.417 e. The van der Waals surface area contributed by atoms with Crippen molar-refractivity contribution < 1.29 is 22.7 Å². The molecule has 0 spiro atoms. The van der Waals surface area contributed by atoms with Crippen molar-refractivity contribution in [3.63, 3.8) is 0 Å². The van der Waals surface area contributed by atoms with Crippen LogP contribution < -0.4 is 5.73 Å². The first-order chi connectivity index (χ1) is 9.84. The van der Waals surface area contributed by atoms with Crippen LogP contribution in [0, 0.1) is 0 Å². The zero-order valence-corrected chi connectivity index (χ0v) is 10.9. The number of benzene rings is 1. The van der Waals surface area contributed by atoms with E-state index in [9.17, 15) is 18.0 Å². The Kier molecular flexibility index (Phi) is 3.84. The quantitative estimate of drug-likeness (QED) is 0.683. The fraction of sp³-hybridized carbons (Fsp3) is 0.143. The molecule has 0 aliphatic rings. The van der Waals surface area contributed by atoms with Crippen molar-refractivity contribution in [3.8, 4) is 11.1 Å². The van der Waals surface area contributed by atoms with Crippen LogP contribution >= 0.6 is 0 Å². The van der Waals surface area contributed by atoms with Crippen LogP contribution in [0.4, 0.5) is 18.9 Å². The molecule has 110 valence electrons. The number of ether oxygens (including phenoxy) is 1. The van der Waals surface area contributed by atoms with Crippen molar-refractivity contribution in [1.82, 2.24) is 4.98 Å². The molecule has 21 heavy (non-hydrogen) atoms. The van der Waals surface area contributed by atoms with Crippen LogP contribution in [-0.2, 0) is 10.9 Å². The molecule has 2 rings (SSSR count). The van der Waals surface area contributed by atoms with Gasteiger partial charge in [0.15, 0.2) is 0 Å². The number of pyridine rings is 1. The van der Waals surface area contributed by atoms with Crippen LogP contribution in [-0.4, -0.2) is 18.1 Å². The molecule has 2 N–H and O–H groups in total. The van der Waals surface area contributed by atoms with Gasteiger partial charge in [0.1, 0.15) is 0 Å². The van der Waals surface area contributed by atoms with Gasteiger partial charge < -0.3 is 10.5 Å². The fourth-order valence-electron chi connectivity index (χ4n) is 1.90. The second-order valence-corrected chi connectivity index (χ2v) is 4.22. The number of carbonyl (C=O) groups is 1. The summed E-state index contributed by atoms with van der Waals surface area (Å²) in [5, 5.41) is 0. The highest BCUT2D eigenvalue weighted by atomic mass is 19.4. The van der Waals surface area contributed by atoms with Gasteiger partial charge in [-0.1, -0.05) is 6.07 Å². The van der Waals surface area contributed by atoms with Gasteiger partial charge in [-0.2, -0.15) is 13.2 Å². The SMILES string of the molecule is COC(=O)c1cc(-c2cccnc2)c(C(F)(F)F)cc1N. The molecule has 0 amide bonds. The number of hydrogen-bond donors (Lipinski definition) is 1. The zero-order chi connectivity index (χ0) is 15.6. The third kappa shape index (κ3) is 2.96. The lowest BCUT2D eigenvalue weighted by Crippen LogP contribution is -2.12. The van der Waals surface area contributed by atoms with Gasteiger partial charge in [0, 0.05) is 23.6 Å². The molecule has 0 aliphatic carbocycles. The number of alkyl halides is 3. The zero-order valence-electron chi connectivity index (χ0n) is 10.9. The molecule has 1 heterocycles. The number of anilines is 1. The number of rotatable bonds is 2. The second-order valence-electron chi connectivity index (χ2n) is 4.22. The van der Waals surface area contributed by atoms with Crippen molar-refractivity contribution >= 4 is 11.7 Å². The van der Waals surface area contributed by atoms with Crippen molar-refractivity contribution in [1.29, 1.82) is 0 Å².